The highest BCUT2D eigenvalue weighted by Crippen LogP contribution is 2.38. The van der Waals surface area contributed by atoms with E-state index >= 15 is 0 Å². The van der Waals surface area contributed by atoms with Gasteiger partial charge in [0.15, 0.2) is 0 Å². The fourth-order valence-electron chi connectivity index (χ4n) is 2.58. The van der Waals surface area contributed by atoms with Gasteiger partial charge < -0.3 is 4.74 Å². The molecule has 0 atom stereocenters. The standard InChI is InChI=1S/C14H17BrClNO3/c15-9-14(6-2-1-3-7-14)10-20-11-4-5-13(17(18)19)12(16)8-11/h4-5,8H,1-3,6-7,9-10H2. The van der Waals surface area contributed by atoms with Crippen LogP contribution in [0.15, 0.2) is 18.2 Å². The van der Waals surface area contributed by atoms with E-state index in [1.165, 1.54) is 31.4 Å². The monoisotopic (exact) mass is 361 g/mol. The maximum atomic E-state index is 10.7. The van der Waals surface area contributed by atoms with Crippen molar-refractivity contribution in [2.45, 2.75) is 32.1 Å². The Bertz CT molecular complexity index is 489. The molecule has 0 aliphatic heterocycles. The van der Waals surface area contributed by atoms with Crippen LogP contribution in [0.25, 0.3) is 0 Å². The molecule has 0 bridgehead atoms. The number of alkyl halides is 1. The minimum Gasteiger partial charge on any atom is -0.493 e. The molecule has 1 saturated carbocycles. The van der Waals surface area contributed by atoms with Crippen LogP contribution in [0.4, 0.5) is 5.69 Å². The van der Waals surface area contributed by atoms with Gasteiger partial charge in [-0.2, -0.15) is 0 Å². The van der Waals surface area contributed by atoms with E-state index in [1.54, 1.807) is 6.07 Å². The Morgan fingerprint density at radius 3 is 2.60 bits per heavy atom. The van der Waals surface area contributed by atoms with Crippen molar-refractivity contribution < 1.29 is 9.66 Å². The van der Waals surface area contributed by atoms with Gasteiger partial charge in [-0.3, -0.25) is 10.1 Å². The lowest BCUT2D eigenvalue weighted by Gasteiger charge is -2.35. The Balaban J connectivity index is 2.03. The molecule has 6 heteroatoms. The zero-order chi connectivity index (χ0) is 14.6. The molecular formula is C14H17BrClNO3. The first-order valence-electron chi connectivity index (χ1n) is 6.69. The number of nitro groups is 1. The molecular weight excluding hydrogens is 346 g/mol. The molecule has 4 nitrogen and oxygen atoms in total. The quantitative estimate of drug-likeness (QED) is 0.422. The zero-order valence-corrected chi connectivity index (χ0v) is 13.5. The van der Waals surface area contributed by atoms with E-state index in [-0.39, 0.29) is 16.1 Å². The van der Waals surface area contributed by atoms with Gasteiger partial charge >= 0.3 is 0 Å². The summed E-state index contributed by atoms with van der Waals surface area (Å²) >= 11 is 9.47. The molecule has 1 aliphatic rings. The maximum Gasteiger partial charge on any atom is 0.288 e. The first-order valence-corrected chi connectivity index (χ1v) is 8.19. The lowest BCUT2D eigenvalue weighted by atomic mass is 9.76. The van der Waals surface area contributed by atoms with Crippen molar-refractivity contribution in [3.63, 3.8) is 0 Å². The van der Waals surface area contributed by atoms with Crippen molar-refractivity contribution in [1.82, 2.24) is 0 Å². The third-order valence-electron chi connectivity index (χ3n) is 3.86. The lowest BCUT2D eigenvalue weighted by molar-refractivity contribution is -0.384. The number of halogens is 2. The topological polar surface area (TPSA) is 52.4 Å². The van der Waals surface area contributed by atoms with E-state index in [4.69, 9.17) is 16.3 Å². The van der Waals surface area contributed by atoms with Crippen LogP contribution >= 0.6 is 27.5 Å². The Hall–Kier alpha value is -0.810. The Morgan fingerprint density at radius 1 is 1.35 bits per heavy atom. The molecule has 0 unspecified atom stereocenters. The molecule has 1 fully saturated rings. The van der Waals surface area contributed by atoms with Gasteiger partial charge in [0.1, 0.15) is 10.8 Å². The molecule has 20 heavy (non-hydrogen) atoms. The van der Waals surface area contributed by atoms with Crippen LogP contribution in [0.5, 0.6) is 5.75 Å². The van der Waals surface area contributed by atoms with Gasteiger partial charge in [-0.15, -0.1) is 0 Å². The van der Waals surface area contributed by atoms with Crippen molar-refractivity contribution in [2.75, 3.05) is 11.9 Å². The van der Waals surface area contributed by atoms with Gasteiger partial charge in [0.25, 0.3) is 5.69 Å². The van der Waals surface area contributed by atoms with E-state index < -0.39 is 4.92 Å². The predicted octanol–water partition coefficient (Wildman–Crippen LogP) is 4.97. The van der Waals surface area contributed by atoms with Crippen molar-refractivity contribution in [3.8, 4) is 5.75 Å². The van der Waals surface area contributed by atoms with Crippen LogP contribution in [0.3, 0.4) is 0 Å². The summed E-state index contributed by atoms with van der Waals surface area (Å²) in [6, 6.07) is 4.51. The number of ether oxygens (including phenoxy) is 1. The Morgan fingerprint density at radius 2 is 2.05 bits per heavy atom. The average molecular weight is 363 g/mol. The fourth-order valence-corrected chi connectivity index (χ4v) is 3.54. The molecule has 0 aromatic heterocycles. The first kappa shape index (κ1) is 15.6. The van der Waals surface area contributed by atoms with Crippen molar-refractivity contribution >= 4 is 33.2 Å². The van der Waals surface area contributed by atoms with E-state index in [2.05, 4.69) is 15.9 Å². The molecule has 0 radical (unpaired) electrons. The molecule has 0 N–H and O–H groups in total. The molecule has 1 aromatic rings. The average Bonchev–Trinajstić information content (AvgIpc) is 2.46. The van der Waals surface area contributed by atoms with Crippen LogP contribution in [0.2, 0.25) is 5.02 Å². The zero-order valence-electron chi connectivity index (χ0n) is 11.1. The van der Waals surface area contributed by atoms with E-state index in [0.717, 1.165) is 18.2 Å². The van der Waals surface area contributed by atoms with Gasteiger partial charge in [0.2, 0.25) is 0 Å². The van der Waals surface area contributed by atoms with E-state index in [9.17, 15) is 10.1 Å². The summed E-state index contributed by atoms with van der Waals surface area (Å²) in [6.07, 6.45) is 6.06. The fraction of sp³-hybridized carbons (Fsp3) is 0.571. The maximum absolute atomic E-state index is 10.7. The van der Waals surface area contributed by atoms with Crippen LogP contribution in [-0.2, 0) is 0 Å². The van der Waals surface area contributed by atoms with Gasteiger partial charge in [-0.1, -0.05) is 46.8 Å². The summed E-state index contributed by atoms with van der Waals surface area (Å²) in [5, 5.41) is 11.7. The second kappa shape index (κ2) is 6.76. The number of nitrogens with zero attached hydrogens (tertiary/aromatic N) is 1. The van der Waals surface area contributed by atoms with Crippen molar-refractivity contribution in [2.24, 2.45) is 5.41 Å². The third kappa shape index (κ3) is 3.64. The van der Waals surface area contributed by atoms with Gasteiger partial charge in [-0.05, 0) is 18.9 Å². The minimum atomic E-state index is -0.493. The summed E-state index contributed by atoms with van der Waals surface area (Å²) in [5.41, 5.74) is 0.0823. The predicted molar refractivity (Wildman–Crippen MR) is 82.9 cm³/mol. The highest BCUT2D eigenvalue weighted by molar-refractivity contribution is 9.09. The van der Waals surface area contributed by atoms with Gasteiger partial charge in [-0.25, -0.2) is 0 Å². The number of benzene rings is 1. The summed E-state index contributed by atoms with van der Waals surface area (Å²) in [6.45, 7) is 0.617. The van der Waals surface area contributed by atoms with Crippen LogP contribution in [0.1, 0.15) is 32.1 Å². The number of hydrogen-bond acceptors (Lipinski definition) is 3. The second-order valence-electron chi connectivity index (χ2n) is 5.35. The SMILES string of the molecule is O=[N+]([O-])c1ccc(OCC2(CBr)CCCCC2)cc1Cl. The molecule has 0 amide bonds. The van der Waals surface area contributed by atoms with E-state index in [0.29, 0.717) is 12.4 Å². The van der Waals surface area contributed by atoms with Gasteiger partial charge in [0.05, 0.1) is 11.5 Å². The van der Waals surface area contributed by atoms with Crippen LogP contribution in [0, 0.1) is 15.5 Å². The second-order valence-corrected chi connectivity index (χ2v) is 6.32. The normalized spacial score (nSPS) is 17.7. The molecule has 0 spiro atoms. The van der Waals surface area contributed by atoms with Crippen molar-refractivity contribution in [3.05, 3.63) is 33.3 Å². The summed E-state index contributed by atoms with van der Waals surface area (Å²) in [4.78, 5) is 10.2. The molecule has 0 saturated heterocycles. The largest absolute Gasteiger partial charge is 0.493 e. The summed E-state index contributed by atoms with van der Waals surface area (Å²) in [5.74, 6) is 0.589. The highest BCUT2D eigenvalue weighted by atomic mass is 79.9. The third-order valence-corrected chi connectivity index (χ3v) is 5.35. The molecule has 2 rings (SSSR count). The Kier molecular flexibility index (Phi) is 5.27. The van der Waals surface area contributed by atoms with Gasteiger partial charge in [0, 0.05) is 22.9 Å². The van der Waals surface area contributed by atoms with Crippen LogP contribution < -0.4 is 4.74 Å². The van der Waals surface area contributed by atoms with Crippen LogP contribution in [-0.4, -0.2) is 16.9 Å². The lowest BCUT2D eigenvalue weighted by Crippen LogP contribution is -2.32. The van der Waals surface area contributed by atoms with E-state index in [1.807, 2.05) is 0 Å². The smallest absolute Gasteiger partial charge is 0.288 e. The Labute approximate surface area is 131 Å². The summed E-state index contributed by atoms with van der Waals surface area (Å²) in [7, 11) is 0. The number of hydrogen-bond donors (Lipinski definition) is 0. The minimum absolute atomic E-state index is 0.0908. The summed E-state index contributed by atoms with van der Waals surface area (Å²) < 4.78 is 5.82. The van der Waals surface area contributed by atoms with Crippen molar-refractivity contribution in [1.29, 1.82) is 0 Å². The molecule has 1 aromatic carbocycles. The highest BCUT2D eigenvalue weighted by Gasteiger charge is 2.32. The molecule has 0 heterocycles. The number of nitro benzene ring substituents is 1. The number of rotatable bonds is 5. The first-order chi connectivity index (χ1) is 9.56. The molecule has 110 valence electrons. The molecule has 1 aliphatic carbocycles.